The van der Waals surface area contributed by atoms with Gasteiger partial charge in [0.25, 0.3) is 0 Å². The average Bonchev–Trinajstić information content (AvgIpc) is 3.12. The van der Waals surface area contributed by atoms with E-state index in [-0.39, 0.29) is 44.4 Å². The highest BCUT2D eigenvalue weighted by atomic mass is 16.5. The molecule has 0 aliphatic heterocycles. The Hall–Kier alpha value is -5.97. The Morgan fingerprint density at radius 1 is 0.839 bits per heavy atom. The number of hydrogen-bond acceptors (Lipinski definition) is 10. The highest BCUT2D eigenvalue weighted by Crippen LogP contribution is 2.22. The van der Waals surface area contributed by atoms with Crippen molar-refractivity contribution in [1.82, 2.24) is 21.3 Å². The zero-order valence-corrected chi connectivity index (χ0v) is 32.5. The first-order chi connectivity index (χ1) is 26.4. The van der Waals surface area contributed by atoms with E-state index in [0.29, 0.717) is 35.6 Å². The predicted octanol–water partition coefficient (Wildman–Crippen LogP) is 2.47. The number of carbonyl (C=O) groups excluding carboxylic acids is 6. The highest BCUT2D eigenvalue weighted by Gasteiger charge is 2.31. The van der Waals surface area contributed by atoms with Crippen LogP contribution in [0, 0.1) is 0 Å². The number of anilines is 1. The standard InChI is InChI=1S/C39H54N6O11/c1-24(2)34(37(52)44-30(8-7-20-41-38(40)53)35(50)42-28-13-9-27(10-14-28)23-55-25(3)46)45-36(51)31(43-32(47)17-18-33(48)49)22-26-11-15-29(16-12-26)56-39(4,5)19-21-54-6/h9-16,30-31,34H,1,7-8,17-23H2,2-6H3,(H,42,50)(H,43,47)(H,44,52)(H,45,51)(H,48,49)(H3,40,41,53)/t30-,31-,34-/m0/s1. The Morgan fingerprint density at radius 3 is 2.05 bits per heavy atom. The summed E-state index contributed by atoms with van der Waals surface area (Å²) in [6.07, 6.45) is 0.0671. The van der Waals surface area contributed by atoms with Crippen LogP contribution in [0.3, 0.4) is 0 Å². The largest absolute Gasteiger partial charge is 0.488 e. The monoisotopic (exact) mass is 782 g/mol. The van der Waals surface area contributed by atoms with E-state index in [1.165, 1.54) is 13.8 Å². The zero-order valence-electron chi connectivity index (χ0n) is 32.5. The molecule has 56 heavy (non-hydrogen) atoms. The van der Waals surface area contributed by atoms with Gasteiger partial charge in [-0.3, -0.25) is 28.8 Å². The van der Waals surface area contributed by atoms with E-state index in [2.05, 4.69) is 33.2 Å². The second-order valence-corrected chi connectivity index (χ2v) is 13.7. The lowest BCUT2D eigenvalue weighted by Gasteiger charge is -2.27. The molecule has 0 aromatic heterocycles. The van der Waals surface area contributed by atoms with Crippen molar-refractivity contribution in [3.63, 3.8) is 0 Å². The van der Waals surface area contributed by atoms with Crippen LogP contribution in [0.25, 0.3) is 0 Å². The minimum Gasteiger partial charge on any atom is -0.488 e. The summed E-state index contributed by atoms with van der Waals surface area (Å²) in [5.74, 6) is -3.90. The van der Waals surface area contributed by atoms with Gasteiger partial charge < -0.3 is 51.6 Å². The second kappa shape index (κ2) is 23.1. The molecule has 2 aromatic carbocycles. The fraction of sp³-hybridized carbons (Fsp3) is 0.462. The summed E-state index contributed by atoms with van der Waals surface area (Å²) >= 11 is 0. The molecular weight excluding hydrogens is 728 g/mol. The molecule has 3 atom stereocenters. The van der Waals surface area contributed by atoms with Crippen LogP contribution in [-0.2, 0) is 51.3 Å². The summed E-state index contributed by atoms with van der Waals surface area (Å²) in [6.45, 7) is 11.1. The van der Waals surface area contributed by atoms with E-state index in [0.717, 1.165) is 0 Å². The van der Waals surface area contributed by atoms with Crippen molar-refractivity contribution in [3.05, 3.63) is 71.8 Å². The second-order valence-electron chi connectivity index (χ2n) is 13.7. The number of carboxylic acids is 1. The number of ether oxygens (including phenoxy) is 3. The Balaban J connectivity index is 2.27. The summed E-state index contributed by atoms with van der Waals surface area (Å²) in [7, 11) is 1.60. The van der Waals surface area contributed by atoms with Gasteiger partial charge in [0.2, 0.25) is 23.6 Å². The molecule has 0 aliphatic rings. The maximum atomic E-state index is 13.8. The van der Waals surface area contributed by atoms with Crippen molar-refractivity contribution in [2.75, 3.05) is 25.6 Å². The SMILES string of the molecule is C=C(C)[C@H](NC(=O)[C@H](Cc1ccc(OC(C)(C)CCOC)cc1)NC(=O)CCC(=O)O)C(=O)N[C@@H](CCCNC(N)=O)C(=O)Nc1ccc(COC(C)=O)cc1. The van der Waals surface area contributed by atoms with Crippen LogP contribution in [0.1, 0.15) is 70.9 Å². The van der Waals surface area contributed by atoms with Crippen molar-refractivity contribution in [1.29, 1.82) is 0 Å². The van der Waals surface area contributed by atoms with Crippen LogP contribution >= 0.6 is 0 Å². The predicted molar refractivity (Wildman–Crippen MR) is 206 cm³/mol. The molecule has 17 heteroatoms. The summed E-state index contributed by atoms with van der Waals surface area (Å²) in [4.78, 5) is 87.2. The number of nitrogens with one attached hydrogen (secondary N) is 5. The lowest BCUT2D eigenvalue weighted by atomic mass is 10.0. The van der Waals surface area contributed by atoms with Gasteiger partial charge in [-0.25, -0.2) is 4.79 Å². The van der Waals surface area contributed by atoms with E-state index in [1.807, 2.05) is 13.8 Å². The Bertz CT molecular complexity index is 1680. The molecule has 0 fully saturated rings. The number of carbonyl (C=O) groups is 7. The Kier molecular flexibility index (Phi) is 19.0. The summed E-state index contributed by atoms with van der Waals surface area (Å²) in [5, 5.41) is 22.1. The summed E-state index contributed by atoms with van der Waals surface area (Å²) in [5.41, 5.74) is 6.55. The first-order valence-corrected chi connectivity index (χ1v) is 18.0. The normalized spacial score (nSPS) is 12.5. The molecule has 6 amide bonds. The van der Waals surface area contributed by atoms with Gasteiger partial charge in [0.15, 0.2) is 0 Å². The third-order valence-corrected chi connectivity index (χ3v) is 8.19. The molecule has 0 spiro atoms. The number of carboxylic acid groups (broad SMARTS) is 1. The number of nitrogens with two attached hydrogens (primary N) is 1. The van der Waals surface area contributed by atoms with Crippen LogP contribution in [0.15, 0.2) is 60.7 Å². The lowest BCUT2D eigenvalue weighted by molar-refractivity contribution is -0.142. The number of methoxy groups -OCH3 is 1. The lowest BCUT2D eigenvalue weighted by Crippen LogP contribution is -2.57. The third kappa shape index (κ3) is 17.9. The molecular formula is C39H54N6O11. The number of benzene rings is 2. The number of primary amides is 1. The van der Waals surface area contributed by atoms with Crippen LogP contribution in [0.5, 0.6) is 5.75 Å². The summed E-state index contributed by atoms with van der Waals surface area (Å²) < 4.78 is 16.2. The number of aliphatic carboxylic acids is 1. The molecule has 2 aromatic rings. The smallest absolute Gasteiger partial charge is 0.312 e. The van der Waals surface area contributed by atoms with Crippen LogP contribution < -0.4 is 37.1 Å². The van der Waals surface area contributed by atoms with Crippen molar-refractivity contribution in [3.8, 4) is 5.75 Å². The quantitative estimate of drug-likeness (QED) is 0.0463. The number of hydrogen-bond donors (Lipinski definition) is 7. The molecule has 0 aliphatic carbocycles. The van der Waals surface area contributed by atoms with Gasteiger partial charge >= 0.3 is 18.0 Å². The van der Waals surface area contributed by atoms with E-state index >= 15 is 0 Å². The van der Waals surface area contributed by atoms with E-state index < -0.39 is 71.7 Å². The first kappa shape index (κ1) is 46.2. The first-order valence-electron chi connectivity index (χ1n) is 18.0. The molecule has 0 heterocycles. The van der Waals surface area contributed by atoms with E-state index in [1.54, 1.807) is 55.6 Å². The van der Waals surface area contributed by atoms with Crippen LogP contribution in [-0.4, -0.2) is 90.7 Å². The van der Waals surface area contributed by atoms with Gasteiger partial charge in [-0.2, -0.15) is 0 Å². The topological polar surface area (TPSA) is 254 Å². The molecule has 306 valence electrons. The zero-order chi connectivity index (χ0) is 41.8. The molecule has 8 N–H and O–H groups in total. The van der Waals surface area contributed by atoms with Crippen LogP contribution in [0.2, 0.25) is 0 Å². The Morgan fingerprint density at radius 2 is 1.48 bits per heavy atom. The van der Waals surface area contributed by atoms with Crippen molar-refractivity contribution in [2.24, 2.45) is 5.73 Å². The minimum atomic E-state index is -1.36. The van der Waals surface area contributed by atoms with E-state index in [9.17, 15) is 33.6 Å². The summed E-state index contributed by atoms with van der Waals surface area (Å²) in [6, 6.07) is 8.87. The number of urea groups is 1. The highest BCUT2D eigenvalue weighted by molar-refractivity contribution is 5.99. The fourth-order valence-electron chi connectivity index (χ4n) is 5.14. The molecule has 0 bridgehead atoms. The van der Waals surface area contributed by atoms with Crippen molar-refractivity contribution >= 4 is 47.3 Å². The van der Waals surface area contributed by atoms with Crippen LogP contribution in [0.4, 0.5) is 10.5 Å². The number of amides is 6. The Labute approximate surface area is 326 Å². The van der Waals surface area contributed by atoms with Gasteiger partial charge in [0, 0.05) is 52.1 Å². The van der Waals surface area contributed by atoms with Gasteiger partial charge in [-0.05, 0) is 74.6 Å². The van der Waals surface area contributed by atoms with Crippen molar-refractivity contribution in [2.45, 2.75) is 96.6 Å². The maximum Gasteiger partial charge on any atom is 0.312 e. The average molecular weight is 783 g/mol. The van der Waals surface area contributed by atoms with Gasteiger partial charge in [0.05, 0.1) is 6.42 Å². The van der Waals surface area contributed by atoms with Gasteiger partial charge in [0.1, 0.15) is 36.1 Å². The number of esters is 1. The van der Waals surface area contributed by atoms with Crippen molar-refractivity contribution < 1.29 is 52.9 Å². The molecule has 17 nitrogen and oxygen atoms in total. The molecule has 0 radical (unpaired) electrons. The third-order valence-electron chi connectivity index (χ3n) is 8.19. The van der Waals surface area contributed by atoms with E-state index in [4.69, 9.17) is 25.1 Å². The minimum absolute atomic E-state index is 0.0277. The molecule has 0 saturated heterocycles. The fourth-order valence-corrected chi connectivity index (χ4v) is 5.14. The van der Waals surface area contributed by atoms with Gasteiger partial charge in [-0.1, -0.05) is 30.8 Å². The molecule has 0 unspecified atom stereocenters. The van der Waals surface area contributed by atoms with Gasteiger partial charge in [-0.15, -0.1) is 0 Å². The molecule has 2 rings (SSSR count). The molecule has 0 saturated carbocycles. The number of rotatable bonds is 24. The maximum absolute atomic E-state index is 13.8.